The van der Waals surface area contributed by atoms with E-state index in [9.17, 15) is 4.79 Å². The van der Waals surface area contributed by atoms with Crippen LogP contribution in [-0.4, -0.2) is 42.1 Å². The Morgan fingerprint density at radius 1 is 1.36 bits per heavy atom. The van der Waals surface area contributed by atoms with Crippen LogP contribution >= 0.6 is 0 Å². The van der Waals surface area contributed by atoms with E-state index in [2.05, 4.69) is 4.98 Å². The molecule has 2 heterocycles. The molecule has 2 atom stereocenters. The van der Waals surface area contributed by atoms with Gasteiger partial charge in [0.2, 0.25) is 0 Å². The average molecular weight is 302 g/mol. The van der Waals surface area contributed by atoms with Crippen molar-refractivity contribution in [3.8, 4) is 0 Å². The number of pyridine rings is 1. The third-order valence-electron chi connectivity index (χ3n) is 5.59. The van der Waals surface area contributed by atoms with Crippen molar-refractivity contribution in [2.24, 2.45) is 5.41 Å². The first-order valence-electron chi connectivity index (χ1n) is 8.31. The molecule has 0 unspecified atom stereocenters. The molecule has 0 bridgehead atoms. The van der Waals surface area contributed by atoms with Crippen molar-refractivity contribution >= 4 is 5.91 Å². The number of aryl methyl sites for hydroxylation is 2. The smallest absolute Gasteiger partial charge is 0.255 e. The lowest BCUT2D eigenvalue weighted by molar-refractivity contribution is -0.0295. The number of hydrogen-bond donors (Lipinski definition) is 0. The normalized spacial score (nSPS) is 28.3. The van der Waals surface area contributed by atoms with Crippen molar-refractivity contribution in [3.63, 3.8) is 0 Å². The van der Waals surface area contributed by atoms with E-state index in [4.69, 9.17) is 4.74 Å². The Morgan fingerprint density at radius 2 is 2.14 bits per heavy atom. The van der Waals surface area contributed by atoms with Gasteiger partial charge in [-0.25, -0.2) is 0 Å². The maximum Gasteiger partial charge on any atom is 0.255 e. The maximum atomic E-state index is 12.8. The molecule has 0 radical (unpaired) electrons. The van der Waals surface area contributed by atoms with E-state index < -0.39 is 0 Å². The van der Waals surface area contributed by atoms with E-state index in [1.165, 1.54) is 19.3 Å². The summed E-state index contributed by atoms with van der Waals surface area (Å²) < 4.78 is 5.72. The van der Waals surface area contributed by atoms with Crippen LogP contribution in [0.25, 0.3) is 0 Å². The lowest BCUT2D eigenvalue weighted by atomic mass is 9.76. The summed E-state index contributed by atoms with van der Waals surface area (Å²) in [5.41, 5.74) is 2.96. The second-order valence-corrected chi connectivity index (χ2v) is 6.94. The number of carbonyl (C=O) groups is 1. The standard InChI is InChI=1S/C18H26N2O2/c1-13-10-15(11-19-14(13)2)17(21)20-9-5-8-18(12-20)7-4-6-16(18)22-3/h10-11,16H,4-9,12H2,1-3H3/t16-,18-/m1/s1. The molecule has 120 valence electrons. The molecule has 4 nitrogen and oxygen atoms in total. The van der Waals surface area contributed by atoms with Crippen molar-refractivity contribution < 1.29 is 9.53 Å². The number of rotatable bonds is 2. The molecular weight excluding hydrogens is 276 g/mol. The third-order valence-corrected chi connectivity index (χ3v) is 5.59. The van der Waals surface area contributed by atoms with Gasteiger partial charge in [0, 0.05) is 37.5 Å². The minimum Gasteiger partial charge on any atom is -0.381 e. The number of piperidine rings is 1. The van der Waals surface area contributed by atoms with Crippen molar-refractivity contribution in [2.45, 2.75) is 52.1 Å². The predicted molar refractivity (Wildman–Crippen MR) is 85.9 cm³/mol. The molecule has 22 heavy (non-hydrogen) atoms. The molecule has 0 N–H and O–H groups in total. The molecule has 1 spiro atoms. The monoisotopic (exact) mass is 302 g/mol. The fourth-order valence-electron chi connectivity index (χ4n) is 4.22. The number of nitrogens with zero attached hydrogens (tertiary/aromatic N) is 2. The van der Waals surface area contributed by atoms with Crippen LogP contribution in [-0.2, 0) is 4.74 Å². The Labute approximate surface area is 132 Å². The van der Waals surface area contributed by atoms with Crippen LogP contribution < -0.4 is 0 Å². The van der Waals surface area contributed by atoms with Gasteiger partial charge in [0.1, 0.15) is 0 Å². The fraction of sp³-hybridized carbons (Fsp3) is 0.667. The Morgan fingerprint density at radius 3 is 2.86 bits per heavy atom. The van der Waals surface area contributed by atoms with Crippen LogP contribution in [0.4, 0.5) is 0 Å². The van der Waals surface area contributed by atoms with E-state index in [0.717, 1.165) is 37.2 Å². The minimum atomic E-state index is 0.122. The minimum absolute atomic E-state index is 0.122. The van der Waals surface area contributed by atoms with Gasteiger partial charge in [0.25, 0.3) is 5.91 Å². The van der Waals surface area contributed by atoms with Crippen LogP contribution in [0.5, 0.6) is 0 Å². The van der Waals surface area contributed by atoms with Crippen LogP contribution in [0.15, 0.2) is 12.3 Å². The Balaban J connectivity index is 1.79. The Hall–Kier alpha value is -1.42. The highest BCUT2D eigenvalue weighted by molar-refractivity contribution is 5.94. The Kier molecular flexibility index (Phi) is 4.22. The summed E-state index contributed by atoms with van der Waals surface area (Å²) in [6, 6.07) is 1.97. The van der Waals surface area contributed by atoms with Gasteiger partial charge < -0.3 is 9.64 Å². The Bertz CT molecular complexity index is 572. The second kappa shape index (κ2) is 5.99. The van der Waals surface area contributed by atoms with E-state index in [1.807, 2.05) is 31.9 Å². The molecule has 1 aliphatic heterocycles. The molecule has 1 aliphatic carbocycles. The third kappa shape index (κ3) is 2.65. The summed E-state index contributed by atoms with van der Waals surface area (Å²) in [7, 11) is 1.81. The predicted octanol–water partition coefficient (Wildman–Crippen LogP) is 3.12. The fourth-order valence-corrected chi connectivity index (χ4v) is 4.22. The number of hydrogen-bond acceptors (Lipinski definition) is 3. The summed E-state index contributed by atoms with van der Waals surface area (Å²) in [5.74, 6) is 0.122. The van der Waals surface area contributed by atoms with Crippen LogP contribution in [0, 0.1) is 19.3 Å². The van der Waals surface area contributed by atoms with Gasteiger partial charge in [-0.15, -0.1) is 0 Å². The first-order chi connectivity index (χ1) is 10.6. The number of carbonyl (C=O) groups excluding carboxylic acids is 1. The molecule has 1 aromatic heterocycles. The van der Waals surface area contributed by atoms with E-state index in [-0.39, 0.29) is 11.3 Å². The average Bonchev–Trinajstić information content (AvgIpc) is 2.91. The summed E-state index contributed by atoms with van der Waals surface area (Å²) in [5, 5.41) is 0. The van der Waals surface area contributed by atoms with Crippen LogP contribution in [0.3, 0.4) is 0 Å². The van der Waals surface area contributed by atoms with Gasteiger partial charge in [0.05, 0.1) is 11.7 Å². The topological polar surface area (TPSA) is 42.4 Å². The van der Waals surface area contributed by atoms with Gasteiger partial charge in [-0.05, 0) is 51.2 Å². The number of methoxy groups -OCH3 is 1. The SMILES string of the molecule is CO[C@@H]1CCC[C@]12CCCN(C(=O)c1cnc(C)c(C)c1)C2. The zero-order valence-corrected chi connectivity index (χ0v) is 13.9. The summed E-state index contributed by atoms with van der Waals surface area (Å²) in [6.07, 6.45) is 7.80. The summed E-state index contributed by atoms with van der Waals surface area (Å²) >= 11 is 0. The number of ether oxygens (including phenoxy) is 1. The number of amides is 1. The molecule has 4 heteroatoms. The van der Waals surface area contributed by atoms with Crippen molar-refractivity contribution in [2.75, 3.05) is 20.2 Å². The molecule has 2 aliphatic rings. The lowest BCUT2D eigenvalue weighted by Gasteiger charge is -2.43. The highest BCUT2D eigenvalue weighted by Gasteiger charge is 2.46. The number of likely N-dealkylation sites (tertiary alicyclic amines) is 1. The van der Waals surface area contributed by atoms with Crippen LogP contribution in [0.2, 0.25) is 0 Å². The van der Waals surface area contributed by atoms with Gasteiger partial charge in [-0.3, -0.25) is 9.78 Å². The molecule has 0 aromatic carbocycles. The summed E-state index contributed by atoms with van der Waals surface area (Å²) in [6.45, 7) is 5.66. The van der Waals surface area contributed by atoms with E-state index in [0.29, 0.717) is 11.7 Å². The van der Waals surface area contributed by atoms with Gasteiger partial charge in [-0.1, -0.05) is 6.42 Å². The zero-order valence-electron chi connectivity index (χ0n) is 13.9. The maximum absolute atomic E-state index is 12.8. The van der Waals surface area contributed by atoms with Gasteiger partial charge >= 0.3 is 0 Å². The van der Waals surface area contributed by atoms with Crippen molar-refractivity contribution in [3.05, 3.63) is 29.1 Å². The molecule has 3 rings (SSSR count). The van der Waals surface area contributed by atoms with Gasteiger partial charge in [-0.2, -0.15) is 0 Å². The molecular formula is C18H26N2O2. The van der Waals surface area contributed by atoms with Crippen molar-refractivity contribution in [1.82, 2.24) is 9.88 Å². The molecule has 2 fully saturated rings. The van der Waals surface area contributed by atoms with Crippen molar-refractivity contribution in [1.29, 1.82) is 0 Å². The molecule has 1 saturated heterocycles. The molecule has 1 saturated carbocycles. The first kappa shape index (κ1) is 15.5. The highest BCUT2D eigenvalue weighted by Crippen LogP contribution is 2.46. The van der Waals surface area contributed by atoms with Crippen LogP contribution in [0.1, 0.15) is 53.7 Å². The molecule has 1 amide bonds. The lowest BCUT2D eigenvalue weighted by Crippen LogP contribution is -2.49. The zero-order chi connectivity index (χ0) is 15.7. The largest absolute Gasteiger partial charge is 0.381 e. The van der Waals surface area contributed by atoms with E-state index in [1.54, 1.807) is 6.20 Å². The molecule has 1 aromatic rings. The second-order valence-electron chi connectivity index (χ2n) is 6.94. The number of aromatic nitrogens is 1. The highest BCUT2D eigenvalue weighted by atomic mass is 16.5. The van der Waals surface area contributed by atoms with E-state index >= 15 is 0 Å². The quantitative estimate of drug-likeness (QED) is 0.843. The van der Waals surface area contributed by atoms with Gasteiger partial charge in [0.15, 0.2) is 0 Å². The first-order valence-corrected chi connectivity index (χ1v) is 8.31. The summed E-state index contributed by atoms with van der Waals surface area (Å²) in [4.78, 5) is 19.2.